The van der Waals surface area contributed by atoms with Crippen LogP contribution in [0.25, 0.3) is 6.08 Å². The third-order valence-electron chi connectivity index (χ3n) is 3.01. The average Bonchev–Trinajstić information content (AvgIpc) is 2.38. The lowest BCUT2D eigenvalue weighted by atomic mass is 10.1. The molecular weight excluding hydrogens is 218 g/mol. The molecule has 1 aromatic rings. The zero-order chi connectivity index (χ0) is 11.2. The molecule has 1 heterocycles. The Bertz CT molecular complexity index is 336. The van der Waals surface area contributed by atoms with Crippen LogP contribution in [-0.2, 0) is 0 Å². The van der Waals surface area contributed by atoms with E-state index in [9.17, 15) is 0 Å². The Morgan fingerprint density at radius 1 is 1.06 bits per heavy atom. The summed E-state index contributed by atoms with van der Waals surface area (Å²) >= 11 is 5.61. The Balaban J connectivity index is 2.03. The highest BCUT2D eigenvalue weighted by Crippen LogP contribution is 2.20. The molecule has 1 aromatic carbocycles. The van der Waals surface area contributed by atoms with Gasteiger partial charge in [0.05, 0.1) is 0 Å². The van der Waals surface area contributed by atoms with Gasteiger partial charge in [0, 0.05) is 24.7 Å². The number of anilines is 1. The van der Waals surface area contributed by atoms with Crippen LogP contribution >= 0.6 is 11.6 Å². The smallest absolute Gasteiger partial charge is 0.0407 e. The molecule has 0 aromatic heterocycles. The van der Waals surface area contributed by atoms with E-state index < -0.39 is 0 Å². The van der Waals surface area contributed by atoms with Crippen LogP contribution in [0.4, 0.5) is 5.69 Å². The Hall–Kier alpha value is -0.950. The van der Waals surface area contributed by atoms with E-state index in [4.69, 9.17) is 11.6 Å². The van der Waals surface area contributed by atoms with Gasteiger partial charge in [-0.15, -0.1) is 11.6 Å². The summed E-state index contributed by atoms with van der Waals surface area (Å²) in [5, 5.41) is 0. The Labute approximate surface area is 103 Å². The van der Waals surface area contributed by atoms with Crippen LogP contribution in [0.1, 0.15) is 24.8 Å². The van der Waals surface area contributed by atoms with Crippen LogP contribution in [0.2, 0.25) is 0 Å². The summed E-state index contributed by atoms with van der Waals surface area (Å²) in [5.41, 5.74) is 2.57. The Morgan fingerprint density at radius 2 is 1.75 bits per heavy atom. The molecule has 0 aliphatic carbocycles. The van der Waals surface area contributed by atoms with Gasteiger partial charge in [-0.3, -0.25) is 0 Å². The number of halogens is 1. The number of hydrogen-bond donors (Lipinski definition) is 0. The molecule has 1 fully saturated rings. The molecule has 0 bridgehead atoms. The van der Waals surface area contributed by atoms with Crippen LogP contribution in [0.15, 0.2) is 30.3 Å². The third-order valence-corrected chi connectivity index (χ3v) is 3.19. The fourth-order valence-corrected chi connectivity index (χ4v) is 2.22. The second-order valence-electron chi connectivity index (χ2n) is 4.20. The predicted molar refractivity (Wildman–Crippen MR) is 72.3 cm³/mol. The van der Waals surface area contributed by atoms with Crippen molar-refractivity contribution < 1.29 is 0 Å². The molecule has 2 heteroatoms. The van der Waals surface area contributed by atoms with E-state index >= 15 is 0 Å². The first-order valence-corrected chi connectivity index (χ1v) is 6.51. The largest absolute Gasteiger partial charge is 0.372 e. The van der Waals surface area contributed by atoms with E-state index in [-0.39, 0.29) is 0 Å². The molecule has 0 amide bonds. The van der Waals surface area contributed by atoms with Crippen LogP contribution in [-0.4, -0.2) is 19.0 Å². The lowest BCUT2D eigenvalue weighted by Crippen LogP contribution is -2.29. The number of hydrogen-bond acceptors (Lipinski definition) is 1. The van der Waals surface area contributed by atoms with Gasteiger partial charge >= 0.3 is 0 Å². The maximum atomic E-state index is 5.61. The molecule has 0 radical (unpaired) electrons. The summed E-state index contributed by atoms with van der Waals surface area (Å²) in [7, 11) is 0. The number of alkyl halides is 1. The highest BCUT2D eigenvalue weighted by molar-refractivity contribution is 6.19. The highest BCUT2D eigenvalue weighted by Gasteiger charge is 2.09. The summed E-state index contributed by atoms with van der Waals surface area (Å²) in [6.07, 6.45) is 8.07. The van der Waals surface area contributed by atoms with Crippen molar-refractivity contribution in [3.8, 4) is 0 Å². The van der Waals surface area contributed by atoms with Gasteiger partial charge in [0.1, 0.15) is 0 Å². The molecule has 2 rings (SSSR count). The topological polar surface area (TPSA) is 3.24 Å². The van der Waals surface area contributed by atoms with Gasteiger partial charge in [-0.25, -0.2) is 0 Å². The van der Waals surface area contributed by atoms with Crippen molar-refractivity contribution in [3.63, 3.8) is 0 Å². The van der Waals surface area contributed by atoms with E-state index in [1.807, 2.05) is 6.08 Å². The molecule has 0 unspecified atom stereocenters. The minimum absolute atomic E-state index is 0.577. The van der Waals surface area contributed by atoms with Gasteiger partial charge < -0.3 is 4.90 Å². The molecule has 86 valence electrons. The van der Waals surface area contributed by atoms with Crippen molar-refractivity contribution in [1.29, 1.82) is 0 Å². The number of rotatable bonds is 3. The SMILES string of the molecule is ClCC=Cc1ccc(N2CCCCC2)cc1. The van der Waals surface area contributed by atoms with Crippen molar-refractivity contribution in [2.24, 2.45) is 0 Å². The van der Waals surface area contributed by atoms with Crippen LogP contribution in [0.5, 0.6) is 0 Å². The van der Waals surface area contributed by atoms with Crippen molar-refractivity contribution in [3.05, 3.63) is 35.9 Å². The van der Waals surface area contributed by atoms with Crippen molar-refractivity contribution in [1.82, 2.24) is 0 Å². The first-order chi connectivity index (χ1) is 7.90. The van der Waals surface area contributed by atoms with E-state index in [1.54, 1.807) is 0 Å². The van der Waals surface area contributed by atoms with Gasteiger partial charge in [-0.1, -0.05) is 24.3 Å². The summed E-state index contributed by atoms with van der Waals surface area (Å²) in [4.78, 5) is 2.47. The monoisotopic (exact) mass is 235 g/mol. The molecule has 1 nitrogen and oxygen atoms in total. The van der Waals surface area contributed by atoms with Crippen molar-refractivity contribution in [2.75, 3.05) is 23.9 Å². The predicted octanol–water partition coefficient (Wildman–Crippen LogP) is 3.93. The first kappa shape index (κ1) is 11.5. The van der Waals surface area contributed by atoms with Crippen molar-refractivity contribution in [2.45, 2.75) is 19.3 Å². The van der Waals surface area contributed by atoms with Crippen LogP contribution < -0.4 is 4.90 Å². The maximum absolute atomic E-state index is 5.61. The quantitative estimate of drug-likeness (QED) is 0.718. The lowest BCUT2D eigenvalue weighted by molar-refractivity contribution is 0.578. The normalized spacial score (nSPS) is 16.9. The summed E-state index contributed by atoms with van der Waals surface area (Å²) in [6.45, 7) is 2.41. The lowest BCUT2D eigenvalue weighted by Gasteiger charge is -2.28. The molecule has 1 aliphatic heterocycles. The van der Waals surface area contributed by atoms with Crippen molar-refractivity contribution >= 4 is 23.4 Å². The van der Waals surface area contributed by atoms with Gasteiger partial charge in [0.2, 0.25) is 0 Å². The summed E-state index contributed by atoms with van der Waals surface area (Å²) in [6, 6.07) is 8.73. The zero-order valence-corrected chi connectivity index (χ0v) is 10.3. The standard InChI is InChI=1S/C14H18ClN/c15-10-4-5-13-6-8-14(9-7-13)16-11-2-1-3-12-16/h4-9H,1-3,10-12H2. The van der Waals surface area contributed by atoms with Gasteiger partial charge in [-0.2, -0.15) is 0 Å². The molecule has 0 spiro atoms. The van der Waals surface area contributed by atoms with Gasteiger partial charge in [-0.05, 0) is 37.0 Å². The number of piperidine rings is 1. The van der Waals surface area contributed by atoms with Gasteiger partial charge in [0.15, 0.2) is 0 Å². The number of nitrogens with zero attached hydrogens (tertiary/aromatic N) is 1. The fourth-order valence-electron chi connectivity index (χ4n) is 2.13. The molecule has 0 saturated carbocycles. The average molecular weight is 236 g/mol. The van der Waals surface area contributed by atoms with Crippen LogP contribution in [0.3, 0.4) is 0 Å². The molecular formula is C14H18ClN. The van der Waals surface area contributed by atoms with E-state index in [0.717, 1.165) is 0 Å². The minimum atomic E-state index is 0.577. The zero-order valence-electron chi connectivity index (χ0n) is 9.53. The Kier molecular flexibility index (Phi) is 4.29. The van der Waals surface area contributed by atoms with E-state index in [1.165, 1.54) is 43.6 Å². The van der Waals surface area contributed by atoms with Gasteiger partial charge in [0.25, 0.3) is 0 Å². The Morgan fingerprint density at radius 3 is 2.38 bits per heavy atom. The first-order valence-electron chi connectivity index (χ1n) is 5.97. The number of allylic oxidation sites excluding steroid dienone is 1. The second-order valence-corrected chi connectivity index (χ2v) is 4.50. The second kappa shape index (κ2) is 5.95. The highest BCUT2D eigenvalue weighted by atomic mass is 35.5. The number of benzene rings is 1. The third kappa shape index (κ3) is 3.02. The van der Waals surface area contributed by atoms with E-state index in [2.05, 4.69) is 35.2 Å². The minimum Gasteiger partial charge on any atom is -0.372 e. The fraction of sp³-hybridized carbons (Fsp3) is 0.429. The van der Waals surface area contributed by atoms with Crippen LogP contribution in [0, 0.1) is 0 Å². The molecule has 0 atom stereocenters. The molecule has 1 aliphatic rings. The van der Waals surface area contributed by atoms with E-state index in [0.29, 0.717) is 5.88 Å². The molecule has 16 heavy (non-hydrogen) atoms. The summed E-state index contributed by atoms with van der Waals surface area (Å²) in [5.74, 6) is 0.577. The molecule has 1 saturated heterocycles. The maximum Gasteiger partial charge on any atom is 0.0407 e. The molecule has 0 N–H and O–H groups in total. The summed E-state index contributed by atoms with van der Waals surface area (Å²) < 4.78 is 0.